The number of imide groups is 1. The minimum atomic E-state index is -0.721. The number of nitrogens with one attached hydrogen (secondary N) is 2. The predicted octanol–water partition coefficient (Wildman–Crippen LogP) is 1.60. The number of hydrogen-bond acceptors (Lipinski definition) is 6. The summed E-state index contributed by atoms with van der Waals surface area (Å²) in [5.74, 6) is -0.723. The molecule has 0 unspecified atom stereocenters. The van der Waals surface area contributed by atoms with E-state index in [1.54, 1.807) is 24.3 Å². The highest BCUT2D eigenvalue weighted by Gasteiger charge is 2.10. The van der Waals surface area contributed by atoms with E-state index in [0.29, 0.717) is 17.7 Å². The number of urea groups is 1. The first-order valence-electron chi connectivity index (χ1n) is 8.00. The highest BCUT2D eigenvalue weighted by atomic mass is 16.5. The van der Waals surface area contributed by atoms with Gasteiger partial charge < -0.3 is 14.8 Å². The summed E-state index contributed by atoms with van der Waals surface area (Å²) in [7, 11) is 0. The topological polar surface area (TPSA) is 111 Å². The number of Topliss-reactive ketones (excluding diaryl/α,β-unsaturated/α-hetero) is 1. The Kier molecular flexibility index (Phi) is 9.16. The van der Waals surface area contributed by atoms with Crippen molar-refractivity contribution in [1.82, 2.24) is 10.6 Å². The lowest BCUT2D eigenvalue weighted by atomic mass is 10.1. The van der Waals surface area contributed by atoms with Gasteiger partial charge in [0.25, 0.3) is 5.91 Å². The van der Waals surface area contributed by atoms with E-state index in [-0.39, 0.29) is 25.4 Å². The average Bonchev–Trinajstić information content (AvgIpc) is 2.62. The molecule has 1 aromatic carbocycles. The number of ether oxygens (including phenoxy) is 2. The molecule has 0 aliphatic heterocycles. The van der Waals surface area contributed by atoms with Gasteiger partial charge in [0.15, 0.2) is 12.4 Å². The molecule has 0 spiro atoms. The zero-order valence-corrected chi connectivity index (χ0v) is 14.6. The summed E-state index contributed by atoms with van der Waals surface area (Å²) in [6.45, 7) is 4.87. The number of benzene rings is 1. The minimum Gasteiger partial charge on any atom is -0.494 e. The summed E-state index contributed by atoms with van der Waals surface area (Å²) in [5, 5.41) is 4.36. The zero-order valence-electron chi connectivity index (χ0n) is 14.6. The molecule has 0 saturated heterocycles. The Labute approximate surface area is 151 Å². The lowest BCUT2D eigenvalue weighted by molar-refractivity contribution is -0.148. The van der Waals surface area contributed by atoms with E-state index in [4.69, 9.17) is 9.47 Å². The SMILES string of the molecule is C=CCNC(=O)NC(=O)COC(=O)CCCOc1ccc(C(C)=O)cc1. The molecule has 140 valence electrons. The van der Waals surface area contributed by atoms with Crippen molar-refractivity contribution in [3.05, 3.63) is 42.5 Å². The molecule has 26 heavy (non-hydrogen) atoms. The molecule has 0 heterocycles. The molecule has 0 fully saturated rings. The molecule has 8 heteroatoms. The van der Waals surface area contributed by atoms with Gasteiger partial charge in [0, 0.05) is 18.5 Å². The van der Waals surface area contributed by atoms with Gasteiger partial charge in [-0.25, -0.2) is 4.79 Å². The molecule has 2 N–H and O–H groups in total. The molecule has 3 amide bonds. The number of esters is 1. The van der Waals surface area contributed by atoms with Crippen LogP contribution < -0.4 is 15.4 Å². The zero-order chi connectivity index (χ0) is 19.4. The number of amides is 3. The van der Waals surface area contributed by atoms with Crippen LogP contribution in [-0.4, -0.2) is 43.4 Å². The van der Waals surface area contributed by atoms with Crippen molar-refractivity contribution in [2.45, 2.75) is 19.8 Å². The van der Waals surface area contributed by atoms with Crippen molar-refractivity contribution >= 4 is 23.7 Å². The van der Waals surface area contributed by atoms with Gasteiger partial charge in [0.2, 0.25) is 0 Å². The molecular weight excluding hydrogens is 340 g/mol. The molecule has 0 saturated carbocycles. The lowest BCUT2D eigenvalue weighted by Gasteiger charge is -2.07. The number of carbonyl (C=O) groups is 4. The second kappa shape index (κ2) is 11.4. The van der Waals surface area contributed by atoms with E-state index < -0.39 is 24.5 Å². The molecule has 0 atom stereocenters. The normalized spacial score (nSPS) is 9.73. The van der Waals surface area contributed by atoms with E-state index in [2.05, 4.69) is 11.9 Å². The summed E-state index contributed by atoms with van der Waals surface area (Å²) in [5.41, 5.74) is 0.595. The first-order valence-corrected chi connectivity index (χ1v) is 8.00. The Morgan fingerprint density at radius 1 is 1.15 bits per heavy atom. The van der Waals surface area contributed by atoms with Crippen LogP contribution in [-0.2, 0) is 14.3 Å². The molecule has 0 radical (unpaired) electrons. The molecule has 1 rings (SSSR count). The number of carbonyl (C=O) groups excluding carboxylic acids is 4. The maximum absolute atomic E-state index is 11.5. The second-order valence-electron chi connectivity index (χ2n) is 5.24. The van der Waals surface area contributed by atoms with Crippen molar-refractivity contribution in [2.24, 2.45) is 0 Å². The van der Waals surface area contributed by atoms with E-state index in [9.17, 15) is 19.2 Å². The van der Waals surface area contributed by atoms with Gasteiger partial charge in [-0.2, -0.15) is 0 Å². The molecule has 1 aromatic rings. The van der Waals surface area contributed by atoms with Crippen molar-refractivity contribution < 1.29 is 28.7 Å². The fourth-order valence-corrected chi connectivity index (χ4v) is 1.78. The standard InChI is InChI=1S/C18H22N2O6/c1-3-10-19-18(24)20-16(22)12-26-17(23)5-4-11-25-15-8-6-14(7-9-15)13(2)21/h3,6-9H,1,4-5,10-12H2,2H3,(H2,19,20,22,24). The van der Waals surface area contributed by atoms with Gasteiger partial charge in [0.1, 0.15) is 5.75 Å². The van der Waals surface area contributed by atoms with Crippen molar-refractivity contribution in [3.63, 3.8) is 0 Å². The molecule has 0 aromatic heterocycles. The summed E-state index contributed by atoms with van der Waals surface area (Å²) in [4.78, 5) is 45.3. The van der Waals surface area contributed by atoms with Gasteiger partial charge in [-0.15, -0.1) is 6.58 Å². The quantitative estimate of drug-likeness (QED) is 0.283. The van der Waals surface area contributed by atoms with Crippen LogP contribution in [0.4, 0.5) is 4.79 Å². The largest absolute Gasteiger partial charge is 0.494 e. The Balaban J connectivity index is 2.16. The fourth-order valence-electron chi connectivity index (χ4n) is 1.78. The lowest BCUT2D eigenvalue weighted by Crippen LogP contribution is -2.41. The van der Waals surface area contributed by atoms with Crippen molar-refractivity contribution in [2.75, 3.05) is 19.8 Å². The Bertz CT molecular complexity index is 654. The first kappa shape index (κ1) is 20.9. The van der Waals surface area contributed by atoms with Crippen LogP contribution in [0.1, 0.15) is 30.1 Å². The van der Waals surface area contributed by atoms with Gasteiger partial charge >= 0.3 is 12.0 Å². The summed E-state index contributed by atoms with van der Waals surface area (Å²) in [6, 6.07) is 5.99. The maximum Gasteiger partial charge on any atom is 0.321 e. The van der Waals surface area contributed by atoms with Crippen LogP contribution in [0.3, 0.4) is 0 Å². The summed E-state index contributed by atoms with van der Waals surface area (Å²) >= 11 is 0. The van der Waals surface area contributed by atoms with Crippen LogP contribution in [0.2, 0.25) is 0 Å². The van der Waals surface area contributed by atoms with Crippen LogP contribution in [0.25, 0.3) is 0 Å². The highest BCUT2D eigenvalue weighted by molar-refractivity contribution is 5.95. The molecular formula is C18H22N2O6. The third-order valence-electron chi connectivity index (χ3n) is 3.08. The third-order valence-corrected chi connectivity index (χ3v) is 3.08. The number of hydrogen-bond donors (Lipinski definition) is 2. The van der Waals surface area contributed by atoms with E-state index in [1.807, 2.05) is 5.32 Å². The summed E-state index contributed by atoms with van der Waals surface area (Å²) < 4.78 is 10.2. The van der Waals surface area contributed by atoms with Gasteiger partial charge in [-0.05, 0) is 37.6 Å². The minimum absolute atomic E-state index is 0.0264. The maximum atomic E-state index is 11.5. The number of ketones is 1. The second-order valence-corrected chi connectivity index (χ2v) is 5.24. The molecule has 0 aliphatic rings. The number of rotatable bonds is 10. The molecule has 8 nitrogen and oxygen atoms in total. The summed E-state index contributed by atoms with van der Waals surface area (Å²) in [6.07, 6.45) is 1.93. The highest BCUT2D eigenvalue weighted by Crippen LogP contribution is 2.13. The van der Waals surface area contributed by atoms with Gasteiger partial charge in [-0.1, -0.05) is 6.08 Å². The Morgan fingerprint density at radius 2 is 1.85 bits per heavy atom. The van der Waals surface area contributed by atoms with Crippen molar-refractivity contribution in [3.8, 4) is 5.75 Å². The van der Waals surface area contributed by atoms with E-state index in [0.717, 1.165) is 0 Å². The molecule has 0 bridgehead atoms. The Morgan fingerprint density at radius 3 is 2.46 bits per heavy atom. The van der Waals surface area contributed by atoms with Gasteiger partial charge in [-0.3, -0.25) is 19.7 Å². The fraction of sp³-hybridized carbons (Fsp3) is 0.333. The Hall–Kier alpha value is -3.16. The predicted molar refractivity (Wildman–Crippen MR) is 93.9 cm³/mol. The van der Waals surface area contributed by atoms with Crippen LogP contribution in [0, 0.1) is 0 Å². The smallest absolute Gasteiger partial charge is 0.321 e. The van der Waals surface area contributed by atoms with Crippen LogP contribution in [0.5, 0.6) is 5.75 Å². The van der Waals surface area contributed by atoms with Crippen LogP contribution in [0.15, 0.2) is 36.9 Å². The first-order chi connectivity index (χ1) is 12.4. The average molecular weight is 362 g/mol. The van der Waals surface area contributed by atoms with Crippen molar-refractivity contribution in [1.29, 1.82) is 0 Å². The van der Waals surface area contributed by atoms with Crippen LogP contribution >= 0.6 is 0 Å². The van der Waals surface area contributed by atoms with E-state index in [1.165, 1.54) is 13.0 Å². The van der Waals surface area contributed by atoms with E-state index >= 15 is 0 Å². The molecule has 0 aliphatic carbocycles. The van der Waals surface area contributed by atoms with Gasteiger partial charge in [0.05, 0.1) is 6.61 Å². The monoisotopic (exact) mass is 362 g/mol. The third kappa shape index (κ3) is 8.62.